The molecule has 0 spiro atoms. The van der Waals surface area contributed by atoms with E-state index in [4.69, 9.17) is 0 Å². The van der Waals surface area contributed by atoms with Gasteiger partial charge >= 0.3 is 25.0 Å². The maximum Gasteiger partial charge on any atom is 1.00 e. The Labute approximate surface area is 99.6 Å². The first kappa shape index (κ1) is 14.3. The maximum atomic E-state index is 11.7. The molecule has 0 aliphatic heterocycles. The zero-order valence-electron chi connectivity index (χ0n) is 7.67. The molecule has 15 heavy (non-hydrogen) atoms. The molecule has 0 saturated heterocycles. The van der Waals surface area contributed by atoms with Gasteiger partial charge in [0, 0.05) is 0 Å². The van der Waals surface area contributed by atoms with Crippen LogP contribution in [0.1, 0.15) is 9.67 Å². The first-order valence-corrected chi connectivity index (χ1v) is 4.33. The van der Waals surface area contributed by atoms with Crippen molar-refractivity contribution in [2.24, 2.45) is 0 Å². The van der Waals surface area contributed by atoms with Crippen LogP contribution in [0.2, 0.25) is 0 Å². The molecule has 0 unspecified atom stereocenters. The Morgan fingerprint density at radius 3 is 2.47 bits per heavy atom. The first-order chi connectivity index (χ1) is 6.41. The van der Waals surface area contributed by atoms with Crippen molar-refractivity contribution in [3.63, 3.8) is 0 Å². The number of hydrogen-bond acceptors (Lipinski definition) is 3. The molecule has 0 aliphatic carbocycles. The van der Waals surface area contributed by atoms with E-state index in [9.17, 15) is 23.1 Å². The van der Waals surface area contributed by atoms with E-state index in [1.54, 1.807) is 5.38 Å². The van der Waals surface area contributed by atoms with Crippen LogP contribution >= 0.6 is 11.3 Å². The molecule has 1 aromatic heterocycles. The van der Waals surface area contributed by atoms with E-state index < -0.39 is 17.7 Å². The summed E-state index contributed by atoms with van der Waals surface area (Å²) < 4.78 is 35.2. The van der Waals surface area contributed by atoms with Gasteiger partial charge in [-0.25, -0.2) is 0 Å². The summed E-state index contributed by atoms with van der Waals surface area (Å²) in [6, 6.07) is 2.87. The van der Waals surface area contributed by atoms with Gasteiger partial charge in [0.25, 0.3) is 0 Å². The molecule has 76 valence electrons. The van der Waals surface area contributed by atoms with Gasteiger partial charge in [0.2, 0.25) is 0 Å². The van der Waals surface area contributed by atoms with Crippen molar-refractivity contribution in [1.82, 2.24) is 0 Å². The fourth-order valence-electron chi connectivity index (χ4n) is 0.691. The molecule has 0 radical (unpaired) electrons. The van der Waals surface area contributed by atoms with E-state index in [0.717, 1.165) is 11.3 Å². The molecule has 0 saturated carbocycles. The number of hydrogen-bond donors (Lipinski definition) is 0. The summed E-state index contributed by atoms with van der Waals surface area (Å²) in [6.45, 7) is 0. The van der Waals surface area contributed by atoms with Crippen LogP contribution in [0.25, 0.3) is 0 Å². The van der Waals surface area contributed by atoms with Gasteiger partial charge in [-0.15, -0.1) is 11.3 Å². The molecule has 0 atom stereocenters. The van der Waals surface area contributed by atoms with E-state index >= 15 is 0 Å². The summed E-state index contributed by atoms with van der Waals surface area (Å²) in [4.78, 5) is 11.1. The largest absolute Gasteiger partial charge is 1.00 e. The average Bonchev–Trinajstić information content (AvgIpc) is 2.53. The minimum absolute atomic E-state index is 0. The van der Waals surface area contributed by atoms with Gasteiger partial charge in [-0.3, -0.25) is 4.79 Å². The number of carbonyl (C=O) groups excluding carboxylic acids is 1. The quantitative estimate of drug-likeness (QED) is 0.274. The Kier molecular flexibility index (Phi) is 5.15. The number of thiophene rings is 1. The van der Waals surface area contributed by atoms with Gasteiger partial charge in [0.05, 0.1) is 4.88 Å². The van der Waals surface area contributed by atoms with Crippen LogP contribution < -0.4 is 24.0 Å². The summed E-state index contributed by atoms with van der Waals surface area (Å²) in [6.07, 6.45) is -4.92. The molecule has 0 N–H and O–H groups in total. The summed E-state index contributed by atoms with van der Waals surface area (Å²) in [5.74, 6) is -3.04. The molecule has 1 aromatic rings. The number of allylic oxidation sites excluding steroid dienone is 2. The second-order valence-corrected chi connectivity index (χ2v) is 3.30. The van der Waals surface area contributed by atoms with Gasteiger partial charge in [-0.2, -0.15) is 13.2 Å². The predicted molar refractivity (Wildman–Crippen MR) is 42.8 cm³/mol. The topological polar surface area (TPSA) is 40.1 Å². The maximum absolute atomic E-state index is 11.7. The van der Waals surface area contributed by atoms with Crippen LogP contribution in [0.3, 0.4) is 0 Å². The first-order valence-electron chi connectivity index (χ1n) is 3.45. The molecule has 0 fully saturated rings. The summed E-state index contributed by atoms with van der Waals surface area (Å²) in [5.41, 5.74) is 0. The van der Waals surface area contributed by atoms with Crippen LogP contribution in [0, 0.1) is 0 Å². The number of carbonyl (C=O) groups is 1. The summed E-state index contributed by atoms with van der Waals surface area (Å²) in [5, 5.41) is 11.9. The third-order valence-electron chi connectivity index (χ3n) is 1.31. The van der Waals surface area contributed by atoms with Gasteiger partial charge in [0.15, 0.2) is 5.78 Å². The molecular weight excluding hydrogens is 224 g/mol. The third-order valence-corrected chi connectivity index (χ3v) is 2.19. The molecule has 0 aromatic carbocycles. The Hall–Kier alpha value is -0.703. The van der Waals surface area contributed by atoms with E-state index in [1.807, 2.05) is 0 Å². The van der Waals surface area contributed by atoms with Crippen molar-refractivity contribution in [3.8, 4) is 0 Å². The van der Waals surface area contributed by atoms with E-state index in [1.165, 1.54) is 12.1 Å². The molecule has 7 heteroatoms. The summed E-state index contributed by atoms with van der Waals surface area (Å²) >= 11 is 0.983. The molecule has 0 amide bonds. The molecule has 1 rings (SSSR count). The molecule has 0 bridgehead atoms. The molecule has 0 aliphatic rings. The fraction of sp³-hybridized carbons (Fsp3) is 0.125. The van der Waals surface area contributed by atoms with Crippen molar-refractivity contribution in [1.29, 1.82) is 0 Å². The monoisotopic (exact) mass is 228 g/mol. The molecular formula is C8H4F3LiO2S. The van der Waals surface area contributed by atoms with E-state index in [-0.39, 0.29) is 29.8 Å². The van der Waals surface area contributed by atoms with Crippen LogP contribution in [-0.2, 0) is 0 Å². The number of halogens is 3. The minimum atomic E-state index is -4.98. The second-order valence-electron chi connectivity index (χ2n) is 2.35. The van der Waals surface area contributed by atoms with Gasteiger partial charge < -0.3 is 5.11 Å². The van der Waals surface area contributed by atoms with Crippen LogP contribution in [-0.4, -0.2) is 12.0 Å². The minimum Gasteiger partial charge on any atom is -0.869 e. The Morgan fingerprint density at radius 2 is 2.07 bits per heavy atom. The van der Waals surface area contributed by atoms with Crippen LogP contribution in [0.15, 0.2) is 29.3 Å². The Balaban J connectivity index is 0.00000196. The van der Waals surface area contributed by atoms with Crippen LogP contribution in [0.5, 0.6) is 0 Å². The van der Waals surface area contributed by atoms with Crippen molar-refractivity contribution < 1.29 is 41.9 Å². The summed E-state index contributed by atoms with van der Waals surface area (Å²) in [7, 11) is 0. The number of ketones is 1. The standard InChI is InChI=1S/C8H5F3O2S.Li/c9-8(10,11)7(13)4-5(12)6-2-1-3-14-6;/h1-4,13H;/q;+1/p-1/b7-4-;. The van der Waals surface area contributed by atoms with E-state index in [2.05, 4.69) is 0 Å². The molecule has 1 heterocycles. The predicted octanol–water partition coefficient (Wildman–Crippen LogP) is -1.26. The Bertz CT molecular complexity index is 356. The fourth-order valence-corrected chi connectivity index (χ4v) is 1.33. The number of alkyl halides is 3. The zero-order valence-corrected chi connectivity index (χ0v) is 8.48. The van der Waals surface area contributed by atoms with Crippen LogP contribution in [0.4, 0.5) is 13.2 Å². The van der Waals surface area contributed by atoms with Crippen molar-refractivity contribution in [2.75, 3.05) is 0 Å². The van der Waals surface area contributed by atoms with Gasteiger partial charge in [-0.05, 0) is 23.3 Å². The van der Waals surface area contributed by atoms with Crippen molar-refractivity contribution in [3.05, 3.63) is 34.2 Å². The van der Waals surface area contributed by atoms with E-state index in [0.29, 0.717) is 0 Å². The SMILES string of the molecule is O=C(/C=C(\[O-])C(F)(F)F)c1cccs1.[Li+]. The zero-order chi connectivity index (χ0) is 10.8. The van der Waals surface area contributed by atoms with Crippen molar-refractivity contribution >= 4 is 17.1 Å². The van der Waals surface area contributed by atoms with Crippen molar-refractivity contribution in [2.45, 2.75) is 6.18 Å². The third kappa shape index (κ3) is 4.12. The smallest absolute Gasteiger partial charge is 0.869 e. The second kappa shape index (κ2) is 5.40. The normalized spacial score (nSPS) is 12.1. The van der Waals surface area contributed by atoms with Gasteiger partial charge in [0.1, 0.15) is 0 Å². The van der Waals surface area contributed by atoms with Gasteiger partial charge in [-0.1, -0.05) is 6.07 Å². The number of rotatable bonds is 2. The average molecular weight is 228 g/mol. The Morgan fingerprint density at radius 1 is 1.47 bits per heavy atom. The molecule has 2 nitrogen and oxygen atoms in total.